The fourth-order valence-corrected chi connectivity index (χ4v) is 8.43. The molecule has 0 fully saturated rings. The van der Waals surface area contributed by atoms with Crippen LogP contribution in [-0.2, 0) is 0 Å². The number of aliphatic imine (C=N–C) groups is 1. The van der Waals surface area contributed by atoms with Crippen molar-refractivity contribution in [3.63, 3.8) is 0 Å². The van der Waals surface area contributed by atoms with Crippen LogP contribution in [0.2, 0.25) is 0 Å². The molecule has 56 heavy (non-hydrogen) atoms. The maximum absolute atomic E-state index is 5.46. The summed E-state index contributed by atoms with van der Waals surface area (Å²) in [6, 6.07) is 65.0. The van der Waals surface area contributed by atoms with Crippen LogP contribution in [0.4, 0.5) is 0 Å². The molecule has 3 aromatic heterocycles. The molecule has 5 nitrogen and oxygen atoms in total. The molecule has 1 aliphatic heterocycles. The van der Waals surface area contributed by atoms with Gasteiger partial charge in [-0.1, -0.05) is 133 Å². The van der Waals surface area contributed by atoms with Crippen molar-refractivity contribution in [1.82, 2.24) is 19.4 Å². The molecule has 0 spiro atoms. The lowest BCUT2D eigenvalue weighted by Crippen LogP contribution is -2.25. The first-order valence-corrected chi connectivity index (χ1v) is 19.0. The summed E-state index contributed by atoms with van der Waals surface area (Å²) in [6.45, 7) is 0. The molecule has 1 N–H and O–H groups in total. The van der Waals surface area contributed by atoms with E-state index in [1.807, 2.05) is 18.5 Å². The van der Waals surface area contributed by atoms with Crippen LogP contribution in [0.15, 0.2) is 205 Å². The summed E-state index contributed by atoms with van der Waals surface area (Å²) < 4.78 is 4.81. The van der Waals surface area contributed by atoms with Gasteiger partial charge in [-0.2, -0.15) is 0 Å². The van der Waals surface area contributed by atoms with Crippen molar-refractivity contribution in [3.05, 3.63) is 217 Å². The molecule has 0 aliphatic carbocycles. The third kappa shape index (κ3) is 5.32. The average molecular weight is 718 g/mol. The third-order valence-electron chi connectivity index (χ3n) is 11.0. The van der Waals surface area contributed by atoms with Gasteiger partial charge in [0.15, 0.2) is 0 Å². The molecule has 10 aromatic rings. The van der Waals surface area contributed by atoms with Gasteiger partial charge in [-0.15, -0.1) is 0 Å². The minimum absolute atomic E-state index is 0.280. The number of benzene rings is 7. The molecule has 0 saturated carbocycles. The van der Waals surface area contributed by atoms with Crippen molar-refractivity contribution in [3.8, 4) is 22.5 Å². The van der Waals surface area contributed by atoms with Crippen molar-refractivity contribution in [2.24, 2.45) is 4.99 Å². The molecule has 0 amide bonds. The zero-order valence-electron chi connectivity index (χ0n) is 30.4. The molecule has 0 radical (unpaired) electrons. The van der Waals surface area contributed by atoms with Crippen LogP contribution in [0.3, 0.4) is 0 Å². The molecule has 0 bridgehead atoms. The van der Waals surface area contributed by atoms with Crippen LogP contribution in [0.5, 0.6) is 0 Å². The lowest BCUT2D eigenvalue weighted by atomic mass is 9.99. The van der Waals surface area contributed by atoms with Crippen molar-refractivity contribution >= 4 is 55.0 Å². The van der Waals surface area contributed by atoms with Crippen molar-refractivity contribution in [1.29, 1.82) is 0 Å². The normalized spacial score (nSPS) is 14.2. The molecule has 1 atom stereocenters. The Bertz CT molecular complexity index is 2910. The number of nitrogens with zero attached hydrogens (tertiary/aromatic N) is 4. The molecule has 5 heteroatoms. The van der Waals surface area contributed by atoms with Crippen molar-refractivity contribution in [2.75, 3.05) is 0 Å². The molecular weight excluding hydrogens is 683 g/mol. The van der Waals surface area contributed by atoms with Gasteiger partial charge >= 0.3 is 0 Å². The summed E-state index contributed by atoms with van der Waals surface area (Å²) in [5.41, 5.74) is 14.2. The van der Waals surface area contributed by atoms with E-state index in [-0.39, 0.29) is 6.17 Å². The Kier molecular flexibility index (Phi) is 7.49. The van der Waals surface area contributed by atoms with E-state index >= 15 is 0 Å². The number of pyridine rings is 1. The Labute approximate surface area is 324 Å². The second kappa shape index (κ2) is 13.1. The third-order valence-corrected chi connectivity index (χ3v) is 11.0. The van der Waals surface area contributed by atoms with E-state index in [2.05, 4.69) is 201 Å². The van der Waals surface area contributed by atoms with Crippen LogP contribution in [0.25, 0.3) is 71.8 Å². The molecule has 7 aromatic carbocycles. The van der Waals surface area contributed by atoms with Crippen LogP contribution in [0, 0.1) is 0 Å². The number of nitrogens with one attached hydrogen (secondary N) is 1. The van der Waals surface area contributed by atoms with Crippen molar-refractivity contribution in [2.45, 2.75) is 6.17 Å². The Morgan fingerprint density at radius 3 is 1.45 bits per heavy atom. The number of fused-ring (bicyclic) bond motifs is 6. The van der Waals surface area contributed by atoms with E-state index in [0.29, 0.717) is 0 Å². The SMILES string of the molecule is C1=C(c2ccc(-c3cccnc3)cc2)NC(c2ccccc2)N=C1c1cc(-n2c3ccccc3c3ccccc32)cc(-n2c3ccccc3c3ccccc32)c1. The van der Waals surface area contributed by atoms with Crippen LogP contribution in [-0.4, -0.2) is 19.8 Å². The summed E-state index contributed by atoms with van der Waals surface area (Å²) in [7, 11) is 0. The number of rotatable bonds is 6. The number of para-hydroxylation sites is 4. The van der Waals surface area contributed by atoms with Gasteiger partial charge in [-0.25, -0.2) is 0 Å². The highest BCUT2D eigenvalue weighted by molar-refractivity contribution is 6.15. The topological polar surface area (TPSA) is 47.1 Å². The smallest absolute Gasteiger partial charge is 0.145 e. The van der Waals surface area contributed by atoms with Gasteiger partial charge in [-0.3, -0.25) is 9.98 Å². The van der Waals surface area contributed by atoms with Gasteiger partial charge < -0.3 is 14.5 Å². The fraction of sp³-hybridized carbons (Fsp3) is 0.0196. The predicted molar refractivity (Wildman–Crippen MR) is 232 cm³/mol. The summed E-state index contributed by atoms with van der Waals surface area (Å²) >= 11 is 0. The van der Waals surface area contributed by atoms with Gasteiger partial charge in [0, 0.05) is 56.6 Å². The Morgan fingerprint density at radius 1 is 0.429 bits per heavy atom. The van der Waals surface area contributed by atoms with Gasteiger partial charge in [0.1, 0.15) is 6.17 Å². The summed E-state index contributed by atoms with van der Waals surface area (Å²) in [4.78, 5) is 9.79. The van der Waals surface area contributed by atoms with Gasteiger partial charge in [0.25, 0.3) is 0 Å². The van der Waals surface area contributed by atoms with Gasteiger partial charge in [0.2, 0.25) is 0 Å². The summed E-state index contributed by atoms with van der Waals surface area (Å²) in [5, 5.41) is 8.69. The first kappa shape index (κ1) is 32.0. The first-order valence-electron chi connectivity index (χ1n) is 19.0. The van der Waals surface area contributed by atoms with E-state index in [1.165, 1.54) is 43.6 Å². The van der Waals surface area contributed by atoms with E-state index < -0.39 is 0 Å². The summed E-state index contributed by atoms with van der Waals surface area (Å²) in [6.07, 6.45) is 5.64. The number of aromatic nitrogens is 3. The molecule has 4 heterocycles. The van der Waals surface area contributed by atoms with Gasteiger partial charge in [0.05, 0.1) is 27.8 Å². The molecule has 1 aliphatic rings. The lowest BCUT2D eigenvalue weighted by molar-refractivity contribution is 0.664. The van der Waals surface area contributed by atoms with E-state index in [1.54, 1.807) is 0 Å². The quantitative estimate of drug-likeness (QED) is 0.186. The standard InChI is InChI=1S/C51H35N5/c1-2-13-36(14-3-1)51-53-45(35-26-24-34(25-27-35)37-15-12-28-52-33-37)32-46(54-51)38-29-39(55-47-20-8-4-16-41(47)42-17-5-9-21-48(42)55)31-40(30-38)56-49-22-10-6-18-43(49)44-19-7-11-23-50(44)56/h1-33,51,53H. The van der Waals surface area contributed by atoms with Crippen LogP contribution in [0.1, 0.15) is 22.9 Å². The van der Waals surface area contributed by atoms with Crippen molar-refractivity contribution < 1.29 is 0 Å². The molecular formula is C51H35N5. The predicted octanol–water partition coefficient (Wildman–Crippen LogP) is 12.1. The second-order valence-electron chi connectivity index (χ2n) is 14.3. The Balaban J connectivity index is 1.16. The number of allylic oxidation sites excluding steroid dienone is 1. The summed E-state index contributed by atoms with van der Waals surface area (Å²) in [5.74, 6) is 0. The Morgan fingerprint density at radius 2 is 0.929 bits per heavy atom. The highest BCUT2D eigenvalue weighted by atomic mass is 15.1. The molecule has 11 rings (SSSR count). The van der Waals surface area contributed by atoms with E-state index in [0.717, 1.165) is 50.6 Å². The zero-order valence-corrected chi connectivity index (χ0v) is 30.4. The lowest BCUT2D eigenvalue weighted by Gasteiger charge is -2.25. The van der Waals surface area contributed by atoms with Crippen LogP contribution >= 0.6 is 0 Å². The minimum atomic E-state index is -0.280. The maximum Gasteiger partial charge on any atom is 0.145 e. The van der Waals surface area contributed by atoms with Crippen LogP contribution < -0.4 is 5.32 Å². The Hall–Kier alpha value is -7.50. The highest BCUT2D eigenvalue weighted by Gasteiger charge is 2.22. The second-order valence-corrected chi connectivity index (χ2v) is 14.3. The zero-order chi connectivity index (χ0) is 37.0. The van der Waals surface area contributed by atoms with E-state index in [9.17, 15) is 0 Å². The first-order chi connectivity index (χ1) is 27.8. The highest BCUT2D eigenvalue weighted by Crippen LogP contribution is 2.37. The molecule has 264 valence electrons. The van der Waals surface area contributed by atoms with Gasteiger partial charge in [-0.05, 0) is 76.9 Å². The largest absolute Gasteiger partial charge is 0.360 e. The maximum atomic E-state index is 5.46. The van der Waals surface area contributed by atoms with E-state index in [4.69, 9.17) is 4.99 Å². The molecule has 1 unspecified atom stereocenters. The minimum Gasteiger partial charge on any atom is -0.360 e. The molecule has 0 saturated heterocycles. The number of hydrogen-bond acceptors (Lipinski definition) is 3. The fourth-order valence-electron chi connectivity index (χ4n) is 8.43. The number of hydrogen-bond donors (Lipinski definition) is 1. The average Bonchev–Trinajstić information content (AvgIpc) is 3.80. The monoisotopic (exact) mass is 717 g/mol.